The number of rotatable bonds is 4. The van der Waals surface area contributed by atoms with E-state index in [0.717, 1.165) is 5.52 Å². The van der Waals surface area contributed by atoms with Crippen LogP contribution in [-0.2, 0) is 4.74 Å². The molecule has 0 saturated carbocycles. The van der Waals surface area contributed by atoms with Crippen LogP contribution in [0.3, 0.4) is 0 Å². The molecule has 0 atom stereocenters. The normalized spacial score (nSPS) is 11.9. The summed E-state index contributed by atoms with van der Waals surface area (Å²) in [5.74, 6) is 0.301. The number of furan rings is 1. The molecule has 3 rings (SSSR count). The van der Waals surface area contributed by atoms with Crippen LogP contribution in [-0.4, -0.2) is 27.7 Å². The molecule has 1 aromatic carbocycles. The second kappa shape index (κ2) is 6.76. The van der Waals surface area contributed by atoms with Crippen molar-refractivity contribution in [2.24, 2.45) is 0 Å². The molecule has 0 amide bonds. The number of nitrogens with one attached hydrogen (secondary N) is 1. The first kappa shape index (κ1) is 17.3. The summed E-state index contributed by atoms with van der Waals surface area (Å²) in [6.45, 7) is 4.74. The van der Waals surface area contributed by atoms with E-state index in [4.69, 9.17) is 9.15 Å². The van der Waals surface area contributed by atoms with Gasteiger partial charge in [-0.1, -0.05) is 12.1 Å². The molecule has 2 heterocycles. The van der Waals surface area contributed by atoms with Gasteiger partial charge < -0.3 is 19.2 Å². The molecule has 7 heteroatoms. The molecule has 0 bridgehead atoms. The number of ether oxygens (including phenoxy) is 1. The van der Waals surface area contributed by atoms with Crippen molar-refractivity contribution in [3.8, 4) is 6.07 Å². The molecular formula is C19H17N3O4. The number of nitriles is 1. The molecule has 132 valence electrons. The molecule has 0 aliphatic rings. The van der Waals surface area contributed by atoms with Crippen LogP contribution in [0.15, 0.2) is 34.4 Å². The lowest BCUT2D eigenvalue weighted by atomic mass is 10.1. The number of imidazole rings is 1. The molecule has 0 radical (unpaired) electrons. The zero-order chi connectivity index (χ0) is 18.8. The number of esters is 1. The third-order valence-electron chi connectivity index (χ3n) is 4.13. The van der Waals surface area contributed by atoms with Crippen molar-refractivity contribution < 1.29 is 19.1 Å². The van der Waals surface area contributed by atoms with Gasteiger partial charge in [-0.3, -0.25) is 0 Å². The maximum absolute atomic E-state index is 12.3. The van der Waals surface area contributed by atoms with E-state index >= 15 is 0 Å². The predicted molar refractivity (Wildman–Crippen MR) is 94.5 cm³/mol. The lowest BCUT2D eigenvalue weighted by molar-refractivity contribution is 0.0500. The van der Waals surface area contributed by atoms with E-state index in [0.29, 0.717) is 28.2 Å². The molecule has 0 saturated heterocycles. The molecule has 0 aliphatic carbocycles. The molecule has 26 heavy (non-hydrogen) atoms. The van der Waals surface area contributed by atoms with E-state index in [9.17, 15) is 15.2 Å². The second-order valence-corrected chi connectivity index (χ2v) is 5.83. The Morgan fingerprint density at radius 1 is 1.31 bits per heavy atom. The molecule has 0 spiro atoms. The molecule has 0 unspecified atom stereocenters. The molecule has 3 aromatic rings. The van der Waals surface area contributed by atoms with Crippen molar-refractivity contribution in [3.63, 3.8) is 0 Å². The summed E-state index contributed by atoms with van der Waals surface area (Å²) >= 11 is 0. The Morgan fingerprint density at radius 2 is 2.04 bits per heavy atom. The molecule has 7 nitrogen and oxygen atoms in total. The van der Waals surface area contributed by atoms with Gasteiger partial charge in [-0.25, -0.2) is 9.78 Å². The molecule has 0 fully saturated rings. The van der Waals surface area contributed by atoms with Gasteiger partial charge >= 0.3 is 5.97 Å². The molecule has 2 N–H and O–H groups in total. The number of nitrogens with zero attached hydrogens (tertiary/aromatic N) is 2. The summed E-state index contributed by atoms with van der Waals surface area (Å²) in [7, 11) is 0. The highest BCUT2D eigenvalue weighted by molar-refractivity contribution is 5.92. The van der Waals surface area contributed by atoms with E-state index in [1.165, 1.54) is 0 Å². The van der Waals surface area contributed by atoms with Crippen molar-refractivity contribution in [3.05, 3.63) is 58.5 Å². The van der Waals surface area contributed by atoms with Crippen molar-refractivity contribution >= 4 is 22.6 Å². The zero-order valence-corrected chi connectivity index (χ0v) is 14.6. The number of para-hydroxylation sites is 2. The van der Waals surface area contributed by atoms with Crippen LogP contribution < -0.4 is 0 Å². The standard InChI is InChI=1S/C19H17N3O4/c1-10-11(2)26-12(3)17(10)19(24)25-9-16(23)13(8-20)18-21-14-6-4-5-7-15(14)22-18/h4-7,23H,9H2,1-3H3,(H,21,22)/b16-13-. The maximum atomic E-state index is 12.3. The fraction of sp³-hybridized carbons (Fsp3) is 0.211. The zero-order valence-electron chi connectivity index (χ0n) is 14.6. The van der Waals surface area contributed by atoms with Gasteiger partial charge in [-0.2, -0.15) is 5.26 Å². The maximum Gasteiger partial charge on any atom is 0.342 e. The van der Waals surface area contributed by atoms with Gasteiger partial charge in [0.2, 0.25) is 0 Å². The summed E-state index contributed by atoms with van der Waals surface area (Å²) < 4.78 is 10.5. The Kier molecular flexibility index (Phi) is 4.50. The minimum Gasteiger partial charge on any atom is -0.507 e. The van der Waals surface area contributed by atoms with Crippen molar-refractivity contribution in [1.82, 2.24) is 9.97 Å². The summed E-state index contributed by atoms with van der Waals surface area (Å²) in [6.07, 6.45) is 0. The Morgan fingerprint density at radius 3 is 2.65 bits per heavy atom. The van der Waals surface area contributed by atoms with Gasteiger partial charge in [0.25, 0.3) is 0 Å². The molecule has 0 aliphatic heterocycles. The highest BCUT2D eigenvalue weighted by atomic mass is 16.5. The average molecular weight is 351 g/mol. The van der Waals surface area contributed by atoms with Gasteiger partial charge in [0, 0.05) is 5.56 Å². The number of carbonyl (C=O) groups is 1. The molecule has 2 aromatic heterocycles. The third kappa shape index (κ3) is 3.05. The average Bonchev–Trinajstić information content (AvgIpc) is 3.14. The number of aliphatic hydroxyl groups excluding tert-OH is 1. The van der Waals surface area contributed by atoms with Crippen LogP contribution >= 0.6 is 0 Å². The first-order valence-electron chi connectivity index (χ1n) is 7.93. The van der Waals surface area contributed by atoms with Gasteiger partial charge in [-0.05, 0) is 32.9 Å². The van der Waals surface area contributed by atoms with E-state index in [1.807, 2.05) is 24.3 Å². The number of aromatic amines is 1. The number of aromatic nitrogens is 2. The van der Waals surface area contributed by atoms with Gasteiger partial charge in [-0.15, -0.1) is 0 Å². The van der Waals surface area contributed by atoms with Crippen LogP contribution in [0.2, 0.25) is 0 Å². The fourth-order valence-corrected chi connectivity index (χ4v) is 2.70. The Balaban J connectivity index is 1.83. The third-order valence-corrected chi connectivity index (χ3v) is 4.13. The SMILES string of the molecule is Cc1oc(C)c(C(=O)OC/C(O)=C(\C#N)c2nc3ccccc3[nH]2)c1C. The lowest BCUT2D eigenvalue weighted by Crippen LogP contribution is -2.10. The number of aliphatic hydroxyl groups is 1. The minimum atomic E-state index is -0.620. The largest absolute Gasteiger partial charge is 0.507 e. The number of H-pyrrole nitrogens is 1. The van der Waals surface area contributed by atoms with E-state index in [2.05, 4.69) is 9.97 Å². The number of aryl methyl sites for hydroxylation is 2. The van der Waals surface area contributed by atoms with Gasteiger partial charge in [0.15, 0.2) is 11.6 Å². The van der Waals surface area contributed by atoms with Crippen LogP contribution in [0.5, 0.6) is 0 Å². The van der Waals surface area contributed by atoms with Crippen molar-refractivity contribution in [2.75, 3.05) is 6.61 Å². The lowest BCUT2D eigenvalue weighted by Gasteiger charge is -2.05. The number of hydrogen-bond donors (Lipinski definition) is 2. The summed E-state index contributed by atoms with van der Waals surface area (Å²) in [4.78, 5) is 19.5. The number of fused-ring (bicyclic) bond motifs is 1. The summed E-state index contributed by atoms with van der Waals surface area (Å²) in [5.41, 5.74) is 2.34. The second-order valence-electron chi connectivity index (χ2n) is 5.83. The van der Waals surface area contributed by atoms with Crippen molar-refractivity contribution in [2.45, 2.75) is 20.8 Å². The number of allylic oxidation sites excluding steroid dienone is 1. The van der Waals surface area contributed by atoms with Crippen molar-refractivity contribution in [1.29, 1.82) is 5.26 Å². The van der Waals surface area contributed by atoms with E-state index in [1.54, 1.807) is 26.8 Å². The summed E-state index contributed by atoms with van der Waals surface area (Å²) in [6, 6.07) is 9.15. The molecular weight excluding hydrogens is 334 g/mol. The highest BCUT2D eigenvalue weighted by Gasteiger charge is 2.21. The number of benzene rings is 1. The first-order chi connectivity index (χ1) is 12.4. The minimum absolute atomic E-state index is 0.0779. The fourth-order valence-electron chi connectivity index (χ4n) is 2.70. The first-order valence-corrected chi connectivity index (χ1v) is 7.93. The smallest absolute Gasteiger partial charge is 0.342 e. The quantitative estimate of drug-likeness (QED) is 0.421. The van der Waals surface area contributed by atoms with Gasteiger partial charge in [0.05, 0.1) is 11.0 Å². The topological polar surface area (TPSA) is 112 Å². The van der Waals surface area contributed by atoms with Crippen LogP contribution in [0.25, 0.3) is 16.6 Å². The summed E-state index contributed by atoms with van der Waals surface area (Å²) in [5, 5.41) is 19.6. The van der Waals surface area contributed by atoms with Crippen LogP contribution in [0, 0.1) is 32.1 Å². The Bertz CT molecular complexity index is 1030. The van der Waals surface area contributed by atoms with E-state index in [-0.39, 0.29) is 17.2 Å². The Hall–Kier alpha value is -3.53. The van der Waals surface area contributed by atoms with E-state index < -0.39 is 12.6 Å². The van der Waals surface area contributed by atoms with Crippen LogP contribution in [0.1, 0.15) is 33.3 Å². The number of hydrogen-bond acceptors (Lipinski definition) is 6. The Labute approximate surface area is 149 Å². The monoisotopic (exact) mass is 351 g/mol. The highest BCUT2D eigenvalue weighted by Crippen LogP contribution is 2.23. The predicted octanol–water partition coefficient (Wildman–Crippen LogP) is 3.73. The number of carbonyl (C=O) groups excluding carboxylic acids is 1. The van der Waals surface area contributed by atoms with Crippen LogP contribution in [0.4, 0.5) is 0 Å². The van der Waals surface area contributed by atoms with Gasteiger partial charge in [0.1, 0.15) is 35.3 Å².